The van der Waals surface area contributed by atoms with E-state index in [1.165, 1.54) is 11.8 Å². The Hall–Kier alpha value is -2.39. The van der Waals surface area contributed by atoms with Crippen LogP contribution >= 0.6 is 23.4 Å². The van der Waals surface area contributed by atoms with Crippen molar-refractivity contribution >= 4 is 35.3 Å². The first-order chi connectivity index (χ1) is 11.5. The third-order valence-electron chi connectivity index (χ3n) is 3.02. The van der Waals surface area contributed by atoms with Gasteiger partial charge in [-0.3, -0.25) is 4.57 Å². The van der Waals surface area contributed by atoms with Crippen molar-refractivity contribution < 1.29 is 0 Å². The van der Waals surface area contributed by atoms with Crippen molar-refractivity contribution in [2.45, 2.75) is 10.9 Å². The minimum Gasteiger partial charge on any atom is -0.368 e. The Morgan fingerprint density at radius 3 is 2.83 bits per heavy atom. The summed E-state index contributed by atoms with van der Waals surface area (Å²) >= 11 is 7.50. The predicted octanol–water partition coefficient (Wildman–Crippen LogP) is 2.05. The van der Waals surface area contributed by atoms with Crippen LogP contribution in [0.3, 0.4) is 0 Å². The predicted molar refractivity (Wildman–Crippen MR) is 94.5 cm³/mol. The highest BCUT2D eigenvalue weighted by Gasteiger charge is 2.11. The van der Waals surface area contributed by atoms with E-state index in [1.807, 2.05) is 42.9 Å². The highest BCUT2D eigenvalue weighted by Crippen LogP contribution is 2.24. The fourth-order valence-electron chi connectivity index (χ4n) is 1.94. The number of rotatable bonds is 5. The lowest BCUT2D eigenvalue weighted by atomic mass is 10.3. The average molecular weight is 363 g/mol. The highest BCUT2D eigenvalue weighted by molar-refractivity contribution is 7.98. The fraction of sp³-hybridized carbons (Fsp3) is 0.214. The molecule has 1 aromatic carbocycles. The van der Waals surface area contributed by atoms with E-state index < -0.39 is 0 Å². The van der Waals surface area contributed by atoms with Crippen LogP contribution in [0.5, 0.6) is 0 Å². The molecular weight excluding hydrogens is 348 g/mol. The summed E-state index contributed by atoms with van der Waals surface area (Å²) in [7, 11) is 3.70. The Balaban J connectivity index is 1.80. The molecule has 0 aliphatic carbocycles. The number of anilines is 2. The molecule has 3 rings (SSSR count). The zero-order valence-electron chi connectivity index (χ0n) is 13.1. The van der Waals surface area contributed by atoms with Crippen LogP contribution in [0.15, 0.2) is 35.7 Å². The van der Waals surface area contributed by atoms with Gasteiger partial charge in [0.05, 0.1) is 11.4 Å². The van der Waals surface area contributed by atoms with Crippen molar-refractivity contribution in [1.82, 2.24) is 29.7 Å². The smallest absolute Gasteiger partial charge is 0.229 e. The molecule has 124 valence electrons. The molecule has 2 aromatic heterocycles. The van der Waals surface area contributed by atoms with E-state index >= 15 is 0 Å². The van der Waals surface area contributed by atoms with E-state index in [-0.39, 0.29) is 5.95 Å². The SMILES string of the molecule is CN(C)c1nc(N)nc(CSc2nncn2-c2cccc(Cl)c2)n1. The Morgan fingerprint density at radius 2 is 2.08 bits per heavy atom. The van der Waals surface area contributed by atoms with Gasteiger partial charge in [-0.05, 0) is 18.2 Å². The van der Waals surface area contributed by atoms with Crippen molar-refractivity contribution in [2.75, 3.05) is 24.7 Å². The van der Waals surface area contributed by atoms with E-state index in [4.69, 9.17) is 17.3 Å². The minimum absolute atomic E-state index is 0.195. The van der Waals surface area contributed by atoms with Gasteiger partial charge < -0.3 is 10.6 Å². The number of hydrogen-bond acceptors (Lipinski definition) is 8. The number of benzene rings is 1. The molecule has 10 heteroatoms. The molecule has 0 amide bonds. The average Bonchev–Trinajstić information content (AvgIpc) is 3.01. The lowest BCUT2D eigenvalue weighted by molar-refractivity contribution is 0.877. The van der Waals surface area contributed by atoms with E-state index in [2.05, 4.69) is 25.1 Å². The second-order valence-electron chi connectivity index (χ2n) is 5.06. The molecule has 3 aromatic rings. The van der Waals surface area contributed by atoms with Crippen LogP contribution in [0, 0.1) is 0 Å². The van der Waals surface area contributed by atoms with E-state index in [0.717, 1.165) is 5.69 Å². The Bertz CT molecular complexity index is 850. The summed E-state index contributed by atoms with van der Waals surface area (Å²) in [5.41, 5.74) is 6.63. The molecule has 2 heterocycles. The van der Waals surface area contributed by atoms with Crippen molar-refractivity contribution in [1.29, 1.82) is 0 Å². The first-order valence-corrected chi connectivity index (χ1v) is 8.36. The van der Waals surface area contributed by atoms with Gasteiger partial charge >= 0.3 is 0 Å². The molecule has 0 atom stereocenters. The maximum Gasteiger partial charge on any atom is 0.229 e. The molecule has 0 aliphatic heterocycles. The molecule has 0 bridgehead atoms. The van der Waals surface area contributed by atoms with Crippen molar-refractivity contribution in [3.63, 3.8) is 0 Å². The summed E-state index contributed by atoms with van der Waals surface area (Å²) in [5, 5.41) is 9.47. The molecule has 2 N–H and O–H groups in total. The standard InChI is InChI=1S/C14H15ClN8S/c1-22(2)13-19-11(18-12(16)20-13)7-24-14-21-17-8-23(14)10-5-3-4-9(15)6-10/h3-6,8H,7H2,1-2H3,(H2,16,18,19,20). The Morgan fingerprint density at radius 1 is 1.25 bits per heavy atom. The normalized spacial score (nSPS) is 10.8. The zero-order valence-corrected chi connectivity index (χ0v) is 14.7. The number of nitrogens with zero attached hydrogens (tertiary/aromatic N) is 7. The third kappa shape index (κ3) is 3.74. The summed E-state index contributed by atoms with van der Waals surface area (Å²) in [5.74, 6) is 1.79. The molecule has 0 radical (unpaired) electrons. The second-order valence-corrected chi connectivity index (χ2v) is 6.44. The summed E-state index contributed by atoms with van der Waals surface area (Å²) in [4.78, 5) is 14.4. The van der Waals surface area contributed by atoms with Gasteiger partial charge in [-0.1, -0.05) is 29.4 Å². The topological polar surface area (TPSA) is 98.6 Å². The number of hydrogen-bond donors (Lipinski definition) is 1. The van der Waals surface area contributed by atoms with E-state index in [1.54, 1.807) is 11.2 Å². The van der Waals surface area contributed by atoms with Gasteiger partial charge in [-0.2, -0.15) is 15.0 Å². The number of aromatic nitrogens is 6. The summed E-state index contributed by atoms with van der Waals surface area (Å²) < 4.78 is 1.86. The summed E-state index contributed by atoms with van der Waals surface area (Å²) in [6, 6.07) is 7.48. The van der Waals surface area contributed by atoms with Gasteiger partial charge in [0.1, 0.15) is 12.2 Å². The van der Waals surface area contributed by atoms with Gasteiger partial charge in [-0.15, -0.1) is 10.2 Å². The third-order valence-corrected chi connectivity index (χ3v) is 4.19. The van der Waals surface area contributed by atoms with Crippen LogP contribution in [0.25, 0.3) is 5.69 Å². The lowest BCUT2D eigenvalue weighted by Crippen LogP contribution is -2.16. The summed E-state index contributed by atoms with van der Waals surface area (Å²) in [6.07, 6.45) is 1.64. The number of thioether (sulfide) groups is 1. The van der Waals surface area contributed by atoms with Crippen molar-refractivity contribution in [2.24, 2.45) is 0 Å². The van der Waals surface area contributed by atoms with Gasteiger partial charge in [0.15, 0.2) is 5.16 Å². The second kappa shape index (κ2) is 7.02. The molecule has 0 saturated carbocycles. The Labute approximate surface area is 148 Å². The minimum atomic E-state index is 0.195. The van der Waals surface area contributed by atoms with Crippen LogP contribution < -0.4 is 10.6 Å². The summed E-state index contributed by atoms with van der Waals surface area (Å²) in [6.45, 7) is 0. The van der Waals surface area contributed by atoms with Crippen LogP contribution in [-0.2, 0) is 5.75 Å². The first-order valence-electron chi connectivity index (χ1n) is 6.99. The van der Waals surface area contributed by atoms with Crippen molar-refractivity contribution in [3.8, 4) is 5.69 Å². The van der Waals surface area contributed by atoms with Crippen LogP contribution in [0.4, 0.5) is 11.9 Å². The molecular formula is C14H15ClN8S. The maximum absolute atomic E-state index is 6.05. The molecule has 0 saturated heterocycles. The largest absolute Gasteiger partial charge is 0.368 e. The van der Waals surface area contributed by atoms with Gasteiger partial charge in [0.2, 0.25) is 11.9 Å². The number of nitrogens with two attached hydrogens (primary N) is 1. The van der Waals surface area contributed by atoms with Gasteiger partial charge in [-0.25, -0.2) is 0 Å². The van der Waals surface area contributed by atoms with Crippen LogP contribution in [0.1, 0.15) is 5.82 Å². The molecule has 0 aliphatic rings. The lowest BCUT2D eigenvalue weighted by Gasteiger charge is -2.11. The number of nitrogen functional groups attached to an aromatic ring is 1. The first kappa shape index (κ1) is 16.5. The fourth-order valence-corrected chi connectivity index (χ4v) is 2.91. The maximum atomic E-state index is 6.05. The van der Waals surface area contributed by atoms with Crippen LogP contribution in [0.2, 0.25) is 5.02 Å². The number of halogens is 1. The highest BCUT2D eigenvalue weighted by atomic mass is 35.5. The Kier molecular flexibility index (Phi) is 4.81. The van der Waals surface area contributed by atoms with Gasteiger partial charge in [0, 0.05) is 19.1 Å². The zero-order chi connectivity index (χ0) is 17.1. The van der Waals surface area contributed by atoms with Gasteiger partial charge in [0.25, 0.3) is 0 Å². The van der Waals surface area contributed by atoms with Crippen molar-refractivity contribution in [3.05, 3.63) is 41.4 Å². The quantitative estimate of drug-likeness (QED) is 0.688. The molecule has 0 spiro atoms. The molecule has 0 unspecified atom stereocenters. The van der Waals surface area contributed by atoms with E-state index in [9.17, 15) is 0 Å². The molecule has 0 fully saturated rings. The monoisotopic (exact) mass is 362 g/mol. The molecule has 8 nitrogen and oxygen atoms in total. The van der Waals surface area contributed by atoms with Crippen LogP contribution in [-0.4, -0.2) is 43.8 Å². The van der Waals surface area contributed by atoms with E-state index in [0.29, 0.717) is 27.7 Å². The molecule has 24 heavy (non-hydrogen) atoms.